The quantitative estimate of drug-likeness (QED) is 0.690. The Hall–Kier alpha value is -2.91. The van der Waals surface area contributed by atoms with Gasteiger partial charge in [0.05, 0.1) is 4.90 Å². The Labute approximate surface area is 177 Å². The number of anilines is 1. The number of benzene rings is 2. The van der Waals surface area contributed by atoms with Crippen LogP contribution in [0.15, 0.2) is 53.4 Å². The van der Waals surface area contributed by atoms with Crippen molar-refractivity contribution in [2.24, 2.45) is 0 Å². The van der Waals surface area contributed by atoms with Crippen molar-refractivity contribution in [3.8, 4) is 5.75 Å². The lowest BCUT2D eigenvalue weighted by molar-refractivity contribution is -0.130. The SMILES string of the molecule is CC(C)N(C)S(=O)(=O)c1cccc(C(=O)Nc2ccc(OCC(=O)N(C)C)cc2)c1. The molecule has 0 unspecified atom stereocenters. The lowest BCUT2D eigenvalue weighted by atomic mass is 10.2. The molecule has 0 radical (unpaired) electrons. The van der Waals surface area contributed by atoms with E-state index in [1.165, 1.54) is 34.5 Å². The highest BCUT2D eigenvalue weighted by Gasteiger charge is 2.24. The lowest BCUT2D eigenvalue weighted by Crippen LogP contribution is -2.33. The number of amides is 2. The molecule has 2 amide bonds. The maximum Gasteiger partial charge on any atom is 0.259 e. The first-order valence-electron chi connectivity index (χ1n) is 9.35. The molecular weight excluding hydrogens is 406 g/mol. The minimum atomic E-state index is -3.69. The monoisotopic (exact) mass is 433 g/mol. The average Bonchev–Trinajstić information content (AvgIpc) is 2.72. The molecule has 2 aromatic carbocycles. The Kier molecular flexibility index (Phi) is 7.58. The smallest absolute Gasteiger partial charge is 0.259 e. The summed E-state index contributed by atoms with van der Waals surface area (Å²) in [7, 11) is 1.10. The van der Waals surface area contributed by atoms with Crippen molar-refractivity contribution in [3.05, 3.63) is 54.1 Å². The molecular formula is C21H27N3O5S. The van der Waals surface area contributed by atoms with Gasteiger partial charge in [-0.2, -0.15) is 4.31 Å². The van der Waals surface area contributed by atoms with Crippen LogP contribution in [0.2, 0.25) is 0 Å². The van der Waals surface area contributed by atoms with Crippen molar-refractivity contribution in [2.75, 3.05) is 33.1 Å². The minimum Gasteiger partial charge on any atom is -0.484 e. The molecule has 0 atom stereocenters. The van der Waals surface area contributed by atoms with Crippen LogP contribution in [0.3, 0.4) is 0 Å². The molecule has 9 heteroatoms. The van der Waals surface area contributed by atoms with Gasteiger partial charge in [0, 0.05) is 38.4 Å². The summed E-state index contributed by atoms with van der Waals surface area (Å²) in [6.07, 6.45) is 0. The van der Waals surface area contributed by atoms with Crippen LogP contribution >= 0.6 is 0 Å². The number of nitrogens with one attached hydrogen (secondary N) is 1. The van der Waals surface area contributed by atoms with Gasteiger partial charge in [-0.05, 0) is 56.3 Å². The van der Waals surface area contributed by atoms with Crippen molar-refractivity contribution in [3.63, 3.8) is 0 Å². The van der Waals surface area contributed by atoms with Gasteiger partial charge in [0.25, 0.3) is 11.8 Å². The Bertz CT molecular complexity index is 1000. The van der Waals surface area contributed by atoms with Gasteiger partial charge in [0.1, 0.15) is 5.75 Å². The summed E-state index contributed by atoms with van der Waals surface area (Å²) in [5.41, 5.74) is 0.740. The number of sulfonamides is 1. The van der Waals surface area contributed by atoms with E-state index >= 15 is 0 Å². The molecule has 1 N–H and O–H groups in total. The normalized spacial score (nSPS) is 11.4. The zero-order valence-electron chi connectivity index (χ0n) is 17.7. The molecule has 0 bridgehead atoms. The van der Waals surface area contributed by atoms with E-state index in [1.807, 2.05) is 0 Å². The Morgan fingerprint density at radius 3 is 2.23 bits per heavy atom. The third-order valence-corrected chi connectivity index (χ3v) is 6.50. The van der Waals surface area contributed by atoms with Crippen LogP contribution in [0.4, 0.5) is 5.69 Å². The molecule has 0 saturated heterocycles. The molecule has 0 heterocycles. The predicted octanol–water partition coefficient (Wildman–Crippen LogP) is 2.43. The summed E-state index contributed by atoms with van der Waals surface area (Å²) in [6, 6.07) is 12.2. The Balaban J connectivity index is 2.09. The summed E-state index contributed by atoms with van der Waals surface area (Å²) in [5.74, 6) is -0.103. The van der Waals surface area contributed by atoms with E-state index in [4.69, 9.17) is 4.74 Å². The molecule has 0 aliphatic heterocycles. The summed E-state index contributed by atoms with van der Waals surface area (Å²) in [6.45, 7) is 3.47. The first-order chi connectivity index (χ1) is 14.0. The number of hydrogen-bond donors (Lipinski definition) is 1. The Morgan fingerprint density at radius 1 is 1.03 bits per heavy atom. The van der Waals surface area contributed by atoms with Crippen LogP contribution < -0.4 is 10.1 Å². The highest BCUT2D eigenvalue weighted by Crippen LogP contribution is 2.20. The third kappa shape index (κ3) is 5.80. The third-order valence-electron chi connectivity index (χ3n) is 4.47. The Morgan fingerprint density at radius 2 is 1.67 bits per heavy atom. The second-order valence-corrected chi connectivity index (χ2v) is 9.20. The van der Waals surface area contributed by atoms with Crippen LogP contribution in [0, 0.1) is 0 Å². The number of nitrogens with zero attached hydrogens (tertiary/aromatic N) is 2. The second-order valence-electron chi connectivity index (χ2n) is 7.20. The van der Waals surface area contributed by atoms with Gasteiger partial charge in [-0.25, -0.2) is 8.42 Å². The first kappa shape index (κ1) is 23.4. The van der Waals surface area contributed by atoms with Gasteiger partial charge in [-0.3, -0.25) is 9.59 Å². The number of carbonyl (C=O) groups is 2. The summed E-state index contributed by atoms with van der Waals surface area (Å²) in [4.78, 5) is 25.6. The van der Waals surface area contributed by atoms with Crippen molar-refractivity contribution >= 4 is 27.5 Å². The minimum absolute atomic E-state index is 0.0562. The van der Waals surface area contributed by atoms with E-state index in [0.29, 0.717) is 11.4 Å². The number of carbonyl (C=O) groups excluding carboxylic acids is 2. The van der Waals surface area contributed by atoms with E-state index in [9.17, 15) is 18.0 Å². The highest BCUT2D eigenvalue weighted by atomic mass is 32.2. The van der Waals surface area contributed by atoms with Crippen LogP contribution in [0.5, 0.6) is 5.75 Å². The maximum atomic E-state index is 12.6. The summed E-state index contributed by atoms with van der Waals surface area (Å²) < 4.78 is 31.9. The van der Waals surface area contributed by atoms with Gasteiger partial charge in [0.15, 0.2) is 6.61 Å². The van der Waals surface area contributed by atoms with Crippen LogP contribution in [-0.4, -0.2) is 63.2 Å². The number of hydrogen-bond acceptors (Lipinski definition) is 5. The first-order valence-corrected chi connectivity index (χ1v) is 10.8. The summed E-state index contributed by atoms with van der Waals surface area (Å²) >= 11 is 0. The second kappa shape index (κ2) is 9.73. The number of rotatable bonds is 8. The van der Waals surface area contributed by atoms with Gasteiger partial charge in [-0.1, -0.05) is 6.07 Å². The van der Waals surface area contributed by atoms with Crippen molar-refractivity contribution in [1.82, 2.24) is 9.21 Å². The van der Waals surface area contributed by atoms with E-state index < -0.39 is 15.9 Å². The van der Waals surface area contributed by atoms with Crippen LogP contribution in [-0.2, 0) is 14.8 Å². The molecule has 0 aliphatic rings. The molecule has 0 saturated carbocycles. The lowest BCUT2D eigenvalue weighted by Gasteiger charge is -2.21. The summed E-state index contributed by atoms with van der Waals surface area (Å²) in [5, 5.41) is 2.72. The van der Waals surface area contributed by atoms with E-state index in [-0.39, 0.29) is 29.0 Å². The largest absolute Gasteiger partial charge is 0.484 e. The van der Waals surface area contributed by atoms with Crippen molar-refractivity contribution < 1.29 is 22.7 Å². The van der Waals surface area contributed by atoms with E-state index in [0.717, 1.165) is 0 Å². The van der Waals surface area contributed by atoms with E-state index in [1.54, 1.807) is 58.3 Å². The topological polar surface area (TPSA) is 96.0 Å². The fraction of sp³-hybridized carbons (Fsp3) is 0.333. The highest BCUT2D eigenvalue weighted by molar-refractivity contribution is 7.89. The van der Waals surface area contributed by atoms with Gasteiger partial charge < -0.3 is 15.0 Å². The molecule has 2 aromatic rings. The predicted molar refractivity (Wildman–Crippen MR) is 115 cm³/mol. The molecule has 8 nitrogen and oxygen atoms in total. The van der Waals surface area contributed by atoms with Crippen LogP contribution in [0.25, 0.3) is 0 Å². The van der Waals surface area contributed by atoms with Crippen LogP contribution in [0.1, 0.15) is 24.2 Å². The fourth-order valence-electron chi connectivity index (χ4n) is 2.35. The van der Waals surface area contributed by atoms with Gasteiger partial charge >= 0.3 is 0 Å². The van der Waals surface area contributed by atoms with Gasteiger partial charge in [0.2, 0.25) is 10.0 Å². The zero-order chi connectivity index (χ0) is 22.5. The standard InChI is InChI=1S/C21H27N3O5S/c1-15(2)24(5)30(27,28)19-8-6-7-16(13-19)21(26)22-17-9-11-18(12-10-17)29-14-20(25)23(3)4/h6-13,15H,14H2,1-5H3,(H,22,26). The maximum absolute atomic E-state index is 12.6. The average molecular weight is 434 g/mol. The molecule has 0 fully saturated rings. The molecule has 0 aromatic heterocycles. The van der Waals surface area contributed by atoms with Crippen molar-refractivity contribution in [1.29, 1.82) is 0 Å². The number of ether oxygens (including phenoxy) is 1. The number of likely N-dealkylation sites (N-methyl/N-ethyl adjacent to an activating group) is 1. The fourth-order valence-corrected chi connectivity index (χ4v) is 3.77. The molecule has 0 aliphatic carbocycles. The molecule has 30 heavy (non-hydrogen) atoms. The molecule has 0 spiro atoms. The zero-order valence-corrected chi connectivity index (χ0v) is 18.6. The molecule has 162 valence electrons. The van der Waals surface area contributed by atoms with E-state index in [2.05, 4.69) is 5.32 Å². The molecule has 2 rings (SSSR count). The van der Waals surface area contributed by atoms with Crippen molar-refractivity contribution in [2.45, 2.75) is 24.8 Å². The van der Waals surface area contributed by atoms with Gasteiger partial charge in [-0.15, -0.1) is 0 Å².